The zero-order chi connectivity index (χ0) is 18.0. The summed E-state index contributed by atoms with van der Waals surface area (Å²) >= 11 is 0. The van der Waals surface area contributed by atoms with Gasteiger partial charge in [0.1, 0.15) is 11.6 Å². The number of hydrogen-bond acceptors (Lipinski definition) is 3. The first-order valence-electron chi connectivity index (χ1n) is 8.59. The number of nitrogens with zero attached hydrogens (tertiary/aromatic N) is 2. The highest BCUT2D eigenvalue weighted by Crippen LogP contribution is 2.36. The van der Waals surface area contributed by atoms with Crippen LogP contribution in [0, 0.1) is 17.6 Å². The quantitative estimate of drug-likeness (QED) is 0.822. The molecule has 1 unspecified atom stereocenters. The summed E-state index contributed by atoms with van der Waals surface area (Å²) in [6.45, 7) is 1.49. The second-order valence-electron chi connectivity index (χ2n) is 6.59. The Morgan fingerprint density at radius 2 is 1.84 bits per heavy atom. The van der Waals surface area contributed by atoms with Gasteiger partial charge in [0.15, 0.2) is 0 Å². The van der Waals surface area contributed by atoms with E-state index in [0.29, 0.717) is 38.9 Å². The van der Waals surface area contributed by atoms with Gasteiger partial charge in [-0.25, -0.2) is 13.6 Å². The molecule has 0 aliphatic carbocycles. The molecule has 2 aliphatic rings. The van der Waals surface area contributed by atoms with Crippen LogP contribution in [0.4, 0.5) is 13.6 Å². The Hall–Kier alpha value is -2.18. The van der Waals surface area contributed by atoms with Crippen molar-refractivity contribution in [2.75, 3.05) is 26.7 Å². The molecule has 3 rings (SSSR count). The van der Waals surface area contributed by atoms with Crippen LogP contribution in [0.1, 0.15) is 37.3 Å². The van der Waals surface area contributed by atoms with Gasteiger partial charge in [-0.2, -0.15) is 0 Å². The lowest BCUT2D eigenvalue weighted by molar-refractivity contribution is -0.138. The molecule has 1 aromatic carbocycles. The van der Waals surface area contributed by atoms with Crippen LogP contribution in [0.25, 0.3) is 0 Å². The van der Waals surface area contributed by atoms with Crippen LogP contribution < -0.4 is 0 Å². The number of methoxy groups -OCH3 is 1. The zero-order valence-electron chi connectivity index (χ0n) is 14.2. The van der Waals surface area contributed by atoms with Gasteiger partial charge in [0, 0.05) is 31.1 Å². The van der Waals surface area contributed by atoms with E-state index in [2.05, 4.69) is 0 Å². The van der Waals surface area contributed by atoms with E-state index in [0.717, 1.165) is 18.6 Å². The molecule has 2 saturated heterocycles. The predicted molar refractivity (Wildman–Crippen MR) is 86.7 cm³/mol. The lowest BCUT2D eigenvalue weighted by Gasteiger charge is -2.34. The highest BCUT2D eigenvalue weighted by atomic mass is 19.1. The summed E-state index contributed by atoms with van der Waals surface area (Å²) in [5, 5.41) is 0. The minimum absolute atomic E-state index is 0.0318. The van der Waals surface area contributed by atoms with Gasteiger partial charge >= 0.3 is 6.09 Å². The van der Waals surface area contributed by atoms with Gasteiger partial charge in [0.2, 0.25) is 5.91 Å². The van der Waals surface area contributed by atoms with Gasteiger partial charge < -0.3 is 14.5 Å². The molecule has 2 amide bonds. The first-order chi connectivity index (χ1) is 12.0. The topological polar surface area (TPSA) is 49.9 Å². The van der Waals surface area contributed by atoms with Crippen molar-refractivity contribution in [3.05, 3.63) is 35.4 Å². The fourth-order valence-corrected chi connectivity index (χ4v) is 3.80. The number of carbonyl (C=O) groups is 2. The van der Waals surface area contributed by atoms with Crippen molar-refractivity contribution >= 4 is 12.0 Å². The Morgan fingerprint density at radius 1 is 1.12 bits per heavy atom. The number of likely N-dealkylation sites (tertiary alicyclic amines) is 2. The SMILES string of the molecule is COC(=O)N1CCC(C(=O)N2CCCC2c2cc(F)ccc2F)CC1. The molecule has 0 radical (unpaired) electrons. The Balaban J connectivity index is 1.69. The average molecular weight is 352 g/mol. The predicted octanol–water partition coefficient (Wildman–Crippen LogP) is 3.11. The average Bonchev–Trinajstić information content (AvgIpc) is 3.12. The van der Waals surface area contributed by atoms with Crippen LogP contribution in [-0.4, -0.2) is 48.5 Å². The van der Waals surface area contributed by atoms with E-state index >= 15 is 0 Å². The Labute approximate surface area is 145 Å². The molecule has 0 saturated carbocycles. The smallest absolute Gasteiger partial charge is 0.409 e. The second-order valence-corrected chi connectivity index (χ2v) is 6.59. The maximum Gasteiger partial charge on any atom is 0.409 e. The molecule has 7 heteroatoms. The van der Waals surface area contributed by atoms with Crippen molar-refractivity contribution in [1.82, 2.24) is 9.80 Å². The maximum atomic E-state index is 14.1. The van der Waals surface area contributed by atoms with E-state index in [1.54, 1.807) is 9.80 Å². The van der Waals surface area contributed by atoms with E-state index in [4.69, 9.17) is 4.74 Å². The van der Waals surface area contributed by atoms with Crippen LogP contribution in [-0.2, 0) is 9.53 Å². The zero-order valence-corrected chi connectivity index (χ0v) is 14.2. The van der Waals surface area contributed by atoms with Crippen LogP contribution in [0.15, 0.2) is 18.2 Å². The normalized spacial score (nSPS) is 21.5. The van der Waals surface area contributed by atoms with Gasteiger partial charge in [-0.1, -0.05) is 0 Å². The minimum Gasteiger partial charge on any atom is -0.453 e. The monoisotopic (exact) mass is 352 g/mol. The minimum atomic E-state index is -0.498. The van der Waals surface area contributed by atoms with Crippen molar-refractivity contribution in [3.8, 4) is 0 Å². The first-order valence-corrected chi connectivity index (χ1v) is 8.59. The van der Waals surface area contributed by atoms with Crippen molar-refractivity contribution < 1.29 is 23.1 Å². The molecular formula is C18H22F2N2O3. The first kappa shape index (κ1) is 17.6. The molecule has 5 nitrogen and oxygen atoms in total. The van der Waals surface area contributed by atoms with E-state index < -0.39 is 17.7 Å². The number of amides is 2. The van der Waals surface area contributed by atoms with Gasteiger partial charge in [0.25, 0.3) is 0 Å². The summed E-state index contributed by atoms with van der Waals surface area (Å²) in [5.41, 5.74) is 0.248. The lowest BCUT2D eigenvalue weighted by atomic mass is 9.94. The number of hydrogen-bond donors (Lipinski definition) is 0. The molecular weight excluding hydrogens is 330 g/mol. The van der Waals surface area contributed by atoms with Gasteiger partial charge in [0.05, 0.1) is 13.2 Å². The molecule has 2 aliphatic heterocycles. The highest BCUT2D eigenvalue weighted by Gasteiger charge is 2.37. The van der Waals surface area contributed by atoms with Crippen LogP contribution in [0.3, 0.4) is 0 Å². The van der Waals surface area contributed by atoms with Gasteiger partial charge in [-0.3, -0.25) is 4.79 Å². The molecule has 1 aromatic rings. The van der Waals surface area contributed by atoms with Crippen molar-refractivity contribution in [2.45, 2.75) is 31.7 Å². The molecule has 0 aromatic heterocycles. The Bertz CT molecular complexity index is 660. The largest absolute Gasteiger partial charge is 0.453 e. The third-order valence-corrected chi connectivity index (χ3v) is 5.13. The lowest BCUT2D eigenvalue weighted by Crippen LogP contribution is -2.44. The summed E-state index contributed by atoms with van der Waals surface area (Å²) < 4.78 is 32.3. The number of benzene rings is 1. The number of rotatable bonds is 2. The summed E-state index contributed by atoms with van der Waals surface area (Å²) in [5.74, 6) is -1.21. The van der Waals surface area contributed by atoms with Crippen molar-refractivity contribution in [1.29, 1.82) is 0 Å². The summed E-state index contributed by atoms with van der Waals surface area (Å²) in [4.78, 5) is 27.7. The number of carbonyl (C=O) groups excluding carboxylic acids is 2. The second kappa shape index (κ2) is 7.37. The molecule has 0 N–H and O–H groups in total. The van der Waals surface area contributed by atoms with E-state index in [-0.39, 0.29) is 23.5 Å². The number of halogens is 2. The number of piperidine rings is 1. The summed E-state index contributed by atoms with van der Waals surface area (Å²) in [6, 6.07) is 2.97. The standard InChI is InChI=1S/C18H22F2N2O3/c1-25-18(24)21-9-6-12(7-10-21)17(23)22-8-2-3-16(22)14-11-13(19)4-5-15(14)20/h4-5,11-12,16H,2-3,6-10H2,1H3. The molecule has 0 spiro atoms. The molecule has 136 valence electrons. The van der Waals surface area contributed by atoms with E-state index in [1.165, 1.54) is 13.2 Å². The molecule has 2 fully saturated rings. The van der Waals surface area contributed by atoms with Crippen LogP contribution in [0.5, 0.6) is 0 Å². The fraction of sp³-hybridized carbons (Fsp3) is 0.556. The molecule has 1 atom stereocenters. The maximum absolute atomic E-state index is 14.1. The fourth-order valence-electron chi connectivity index (χ4n) is 3.80. The third kappa shape index (κ3) is 3.60. The summed E-state index contributed by atoms with van der Waals surface area (Å²) in [6.07, 6.45) is 2.14. The van der Waals surface area contributed by atoms with E-state index in [1.807, 2.05) is 0 Å². The van der Waals surface area contributed by atoms with Gasteiger partial charge in [-0.15, -0.1) is 0 Å². The molecule has 0 bridgehead atoms. The Morgan fingerprint density at radius 3 is 2.52 bits per heavy atom. The molecule has 25 heavy (non-hydrogen) atoms. The molecule has 2 heterocycles. The van der Waals surface area contributed by atoms with Crippen LogP contribution in [0.2, 0.25) is 0 Å². The number of ether oxygens (including phenoxy) is 1. The highest BCUT2D eigenvalue weighted by molar-refractivity contribution is 5.80. The van der Waals surface area contributed by atoms with E-state index in [9.17, 15) is 18.4 Å². The van der Waals surface area contributed by atoms with Crippen molar-refractivity contribution in [2.24, 2.45) is 5.92 Å². The Kier molecular flexibility index (Phi) is 5.20. The summed E-state index contributed by atoms with van der Waals surface area (Å²) in [7, 11) is 1.34. The third-order valence-electron chi connectivity index (χ3n) is 5.13. The van der Waals surface area contributed by atoms with Crippen LogP contribution >= 0.6 is 0 Å². The van der Waals surface area contributed by atoms with Crippen molar-refractivity contribution in [3.63, 3.8) is 0 Å². The van der Waals surface area contributed by atoms with Gasteiger partial charge in [-0.05, 0) is 43.9 Å².